The van der Waals surface area contributed by atoms with Gasteiger partial charge in [-0.05, 0) is 23.1 Å². The minimum absolute atomic E-state index is 0.421. The number of rotatable bonds is 3. The fourth-order valence-electron chi connectivity index (χ4n) is 1.63. The first-order valence-electron chi connectivity index (χ1n) is 4.57. The van der Waals surface area contributed by atoms with E-state index in [1.54, 1.807) is 0 Å². The van der Waals surface area contributed by atoms with Gasteiger partial charge in [0, 0.05) is 0 Å². The number of benzene rings is 1. The smallest absolute Gasteiger partial charge is 0.138 e. The van der Waals surface area contributed by atoms with Gasteiger partial charge < -0.3 is 9.53 Å². The van der Waals surface area contributed by atoms with Crippen LogP contribution in [-0.2, 0) is 29.2 Å². The molecule has 0 radical (unpaired) electrons. The first kappa shape index (κ1) is 9.69. The molecule has 14 heavy (non-hydrogen) atoms. The molecule has 0 bridgehead atoms. The number of hydrogen-bond donors (Lipinski definition) is 0. The SMILES string of the molecule is O=CC(Cl)Cc1ccc2c(c1)COC2. The molecule has 0 N–H and O–H groups in total. The summed E-state index contributed by atoms with van der Waals surface area (Å²) in [6, 6.07) is 6.12. The Labute approximate surface area is 87.8 Å². The van der Waals surface area contributed by atoms with Gasteiger partial charge in [0.1, 0.15) is 6.29 Å². The summed E-state index contributed by atoms with van der Waals surface area (Å²) >= 11 is 5.75. The van der Waals surface area contributed by atoms with Crippen molar-refractivity contribution in [1.82, 2.24) is 0 Å². The molecular formula is C11H11ClO2. The van der Waals surface area contributed by atoms with Crippen LogP contribution in [0.2, 0.25) is 0 Å². The fraction of sp³-hybridized carbons (Fsp3) is 0.364. The van der Waals surface area contributed by atoms with E-state index in [0.717, 1.165) is 11.8 Å². The van der Waals surface area contributed by atoms with Crippen molar-refractivity contribution in [3.8, 4) is 0 Å². The number of hydrogen-bond acceptors (Lipinski definition) is 2. The molecule has 1 atom stereocenters. The van der Waals surface area contributed by atoms with Gasteiger partial charge in [0.25, 0.3) is 0 Å². The van der Waals surface area contributed by atoms with Gasteiger partial charge in [0.2, 0.25) is 0 Å². The van der Waals surface area contributed by atoms with E-state index < -0.39 is 5.38 Å². The number of aldehydes is 1. The van der Waals surface area contributed by atoms with Crippen molar-refractivity contribution in [2.45, 2.75) is 25.0 Å². The average Bonchev–Trinajstić information content (AvgIpc) is 2.64. The van der Waals surface area contributed by atoms with E-state index in [2.05, 4.69) is 6.07 Å². The van der Waals surface area contributed by atoms with Crippen LogP contribution in [0.4, 0.5) is 0 Å². The van der Waals surface area contributed by atoms with Crippen LogP contribution in [-0.4, -0.2) is 11.7 Å². The number of alkyl halides is 1. The average molecular weight is 211 g/mol. The van der Waals surface area contributed by atoms with Crippen molar-refractivity contribution in [3.05, 3.63) is 34.9 Å². The summed E-state index contributed by atoms with van der Waals surface area (Å²) in [6.07, 6.45) is 1.36. The molecule has 0 fully saturated rings. The van der Waals surface area contributed by atoms with Crippen molar-refractivity contribution in [3.63, 3.8) is 0 Å². The number of carbonyl (C=O) groups is 1. The van der Waals surface area contributed by atoms with Gasteiger partial charge in [0.15, 0.2) is 0 Å². The lowest BCUT2D eigenvalue weighted by molar-refractivity contribution is -0.107. The molecular weight excluding hydrogens is 200 g/mol. The quantitative estimate of drug-likeness (QED) is 0.564. The zero-order valence-electron chi connectivity index (χ0n) is 7.70. The highest BCUT2D eigenvalue weighted by molar-refractivity contribution is 6.27. The molecule has 0 spiro atoms. The molecule has 0 saturated heterocycles. The number of halogens is 1. The normalized spacial score (nSPS) is 16.4. The van der Waals surface area contributed by atoms with Crippen LogP contribution < -0.4 is 0 Å². The molecule has 0 aromatic heterocycles. The lowest BCUT2D eigenvalue weighted by atomic mass is 10.0. The Balaban J connectivity index is 2.16. The maximum Gasteiger partial charge on any atom is 0.138 e. The third kappa shape index (κ3) is 1.97. The molecule has 74 valence electrons. The van der Waals surface area contributed by atoms with Crippen LogP contribution >= 0.6 is 11.6 Å². The van der Waals surface area contributed by atoms with Gasteiger partial charge in [-0.1, -0.05) is 18.2 Å². The predicted octanol–water partition coefficient (Wildman–Crippen LogP) is 2.07. The van der Waals surface area contributed by atoms with Crippen LogP contribution in [0.3, 0.4) is 0 Å². The lowest BCUT2D eigenvalue weighted by Crippen LogP contribution is -2.04. The summed E-state index contributed by atoms with van der Waals surface area (Å²) in [6.45, 7) is 1.38. The highest BCUT2D eigenvalue weighted by Gasteiger charge is 2.12. The highest BCUT2D eigenvalue weighted by Crippen LogP contribution is 2.21. The van der Waals surface area contributed by atoms with E-state index in [1.807, 2.05) is 12.1 Å². The molecule has 1 heterocycles. The molecule has 1 aliphatic rings. The third-order valence-corrected chi connectivity index (χ3v) is 2.62. The van der Waals surface area contributed by atoms with Gasteiger partial charge in [0.05, 0.1) is 18.6 Å². The Bertz CT molecular complexity index is 349. The van der Waals surface area contributed by atoms with Crippen LogP contribution in [0.15, 0.2) is 18.2 Å². The van der Waals surface area contributed by atoms with Crippen LogP contribution in [0.25, 0.3) is 0 Å². The molecule has 0 aliphatic carbocycles. The van der Waals surface area contributed by atoms with Crippen molar-refractivity contribution >= 4 is 17.9 Å². The highest BCUT2D eigenvalue weighted by atomic mass is 35.5. The minimum Gasteiger partial charge on any atom is -0.372 e. The summed E-state index contributed by atoms with van der Waals surface area (Å²) in [5.74, 6) is 0. The second-order valence-electron chi connectivity index (χ2n) is 3.45. The predicted molar refractivity (Wildman–Crippen MR) is 54.3 cm³/mol. The molecule has 2 nitrogen and oxygen atoms in total. The van der Waals surface area contributed by atoms with Gasteiger partial charge in [-0.25, -0.2) is 0 Å². The minimum atomic E-state index is -0.421. The Morgan fingerprint density at radius 1 is 1.43 bits per heavy atom. The van der Waals surface area contributed by atoms with E-state index in [4.69, 9.17) is 16.3 Å². The zero-order valence-corrected chi connectivity index (χ0v) is 8.46. The largest absolute Gasteiger partial charge is 0.372 e. The molecule has 0 amide bonds. The molecule has 1 aromatic carbocycles. The zero-order chi connectivity index (χ0) is 9.97. The Kier molecular flexibility index (Phi) is 2.85. The van der Waals surface area contributed by atoms with Gasteiger partial charge in [-0.15, -0.1) is 11.6 Å². The summed E-state index contributed by atoms with van der Waals surface area (Å²) in [4.78, 5) is 10.4. The van der Waals surface area contributed by atoms with Gasteiger partial charge in [-0.3, -0.25) is 0 Å². The number of fused-ring (bicyclic) bond motifs is 1. The summed E-state index contributed by atoms with van der Waals surface area (Å²) in [5, 5.41) is -0.421. The second-order valence-corrected chi connectivity index (χ2v) is 4.01. The van der Waals surface area contributed by atoms with Crippen LogP contribution in [0.1, 0.15) is 16.7 Å². The number of ether oxygens (including phenoxy) is 1. The molecule has 3 heteroatoms. The van der Waals surface area contributed by atoms with Crippen molar-refractivity contribution < 1.29 is 9.53 Å². The fourth-order valence-corrected chi connectivity index (χ4v) is 1.80. The maximum absolute atomic E-state index is 10.4. The maximum atomic E-state index is 10.4. The standard InChI is InChI=1S/C11H11ClO2/c12-11(5-13)4-8-1-2-9-6-14-7-10(9)3-8/h1-3,5,11H,4,6-7H2. The van der Waals surface area contributed by atoms with Crippen molar-refractivity contribution in [2.75, 3.05) is 0 Å². The molecule has 1 aliphatic heterocycles. The topological polar surface area (TPSA) is 26.3 Å². The Hall–Kier alpha value is -0.860. The van der Waals surface area contributed by atoms with Gasteiger partial charge in [-0.2, -0.15) is 0 Å². The summed E-state index contributed by atoms with van der Waals surface area (Å²) in [7, 11) is 0. The first-order valence-corrected chi connectivity index (χ1v) is 5.01. The molecule has 1 aromatic rings. The molecule has 1 unspecified atom stereocenters. The second kappa shape index (κ2) is 4.11. The van der Waals surface area contributed by atoms with E-state index in [1.165, 1.54) is 11.1 Å². The Morgan fingerprint density at radius 2 is 2.21 bits per heavy atom. The monoisotopic (exact) mass is 210 g/mol. The van der Waals surface area contributed by atoms with Crippen LogP contribution in [0.5, 0.6) is 0 Å². The van der Waals surface area contributed by atoms with E-state index in [0.29, 0.717) is 19.6 Å². The number of carbonyl (C=O) groups excluding carboxylic acids is 1. The van der Waals surface area contributed by atoms with E-state index in [9.17, 15) is 4.79 Å². The summed E-state index contributed by atoms with van der Waals surface area (Å²) in [5.41, 5.74) is 3.56. The first-order chi connectivity index (χ1) is 6.79. The lowest BCUT2D eigenvalue weighted by Gasteiger charge is -2.04. The van der Waals surface area contributed by atoms with E-state index >= 15 is 0 Å². The summed E-state index contributed by atoms with van der Waals surface area (Å²) < 4.78 is 5.30. The molecule has 2 rings (SSSR count). The molecule has 0 saturated carbocycles. The van der Waals surface area contributed by atoms with E-state index in [-0.39, 0.29) is 0 Å². The Morgan fingerprint density at radius 3 is 3.00 bits per heavy atom. The van der Waals surface area contributed by atoms with Gasteiger partial charge >= 0.3 is 0 Å². The van der Waals surface area contributed by atoms with Crippen molar-refractivity contribution in [2.24, 2.45) is 0 Å². The van der Waals surface area contributed by atoms with Crippen molar-refractivity contribution in [1.29, 1.82) is 0 Å². The third-order valence-electron chi connectivity index (χ3n) is 2.36. The van der Waals surface area contributed by atoms with Crippen LogP contribution in [0, 0.1) is 0 Å².